The lowest BCUT2D eigenvalue weighted by Gasteiger charge is -2.09. The maximum absolute atomic E-state index is 12.0. The fourth-order valence-corrected chi connectivity index (χ4v) is 2.25. The van der Waals surface area contributed by atoms with E-state index in [0.29, 0.717) is 5.69 Å². The zero-order chi connectivity index (χ0) is 15.5. The fraction of sp³-hybridized carbons (Fsp3) is 0. The first kappa shape index (κ1) is 13.8. The summed E-state index contributed by atoms with van der Waals surface area (Å²) >= 11 is 0. The molecule has 0 N–H and O–H groups in total. The molecular formula is C17H11N2O3-. The van der Waals surface area contributed by atoms with Gasteiger partial charge in [-0.3, -0.25) is 15.1 Å². The molecule has 108 valence electrons. The highest BCUT2D eigenvalue weighted by Crippen LogP contribution is 2.28. The molecule has 0 amide bonds. The third kappa shape index (κ3) is 2.52. The second-order valence-corrected chi connectivity index (χ2v) is 4.71. The van der Waals surface area contributed by atoms with E-state index in [1.54, 1.807) is 0 Å². The lowest BCUT2D eigenvalue weighted by molar-refractivity contribution is -0.398. The Hall–Kier alpha value is -3.21. The summed E-state index contributed by atoms with van der Waals surface area (Å²) in [4.78, 5) is 14.4. The number of rotatable bonds is 3. The monoisotopic (exact) mass is 291 g/mol. The van der Waals surface area contributed by atoms with E-state index in [1.165, 1.54) is 24.4 Å². The van der Waals surface area contributed by atoms with Crippen LogP contribution in [0.3, 0.4) is 0 Å². The Morgan fingerprint density at radius 1 is 0.955 bits per heavy atom. The lowest BCUT2D eigenvalue weighted by Crippen LogP contribution is -2.01. The number of aliphatic imine (C=N–C) groups is 1. The van der Waals surface area contributed by atoms with Gasteiger partial charge in [-0.05, 0) is 22.8 Å². The van der Waals surface area contributed by atoms with Gasteiger partial charge >= 0.3 is 0 Å². The standard InChI is InChI=1S/C17H12N2O3/c20-17-13(7-4-10-16(17)19(21)22)11-18-15-9-3-6-12-5-1-2-8-14(12)15/h1-11,20H/p-1. The predicted molar refractivity (Wildman–Crippen MR) is 83.7 cm³/mol. The summed E-state index contributed by atoms with van der Waals surface area (Å²) in [5.41, 5.74) is 0.466. The average molecular weight is 291 g/mol. The van der Waals surface area contributed by atoms with E-state index in [9.17, 15) is 15.2 Å². The summed E-state index contributed by atoms with van der Waals surface area (Å²) in [6.07, 6.45) is 1.37. The first-order chi connectivity index (χ1) is 10.7. The quantitative estimate of drug-likeness (QED) is 0.420. The van der Waals surface area contributed by atoms with Crippen LogP contribution in [0.1, 0.15) is 5.56 Å². The molecule has 0 aliphatic heterocycles. The molecule has 3 aromatic rings. The minimum Gasteiger partial charge on any atom is -0.867 e. The van der Waals surface area contributed by atoms with E-state index in [-0.39, 0.29) is 5.56 Å². The van der Waals surface area contributed by atoms with Crippen molar-refractivity contribution in [2.45, 2.75) is 0 Å². The van der Waals surface area contributed by atoms with E-state index in [0.717, 1.165) is 10.8 Å². The molecule has 0 aliphatic carbocycles. The molecule has 0 unspecified atom stereocenters. The van der Waals surface area contributed by atoms with Crippen LogP contribution in [-0.2, 0) is 0 Å². The van der Waals surface area contributed by atoms with E-state index < -0.39 is 16.4 Å². The number of benzene rings is 3. The third-order valence-electron chi connectivity index (χ3n) is 3.33. The number of nitrogens with zero attached hydrogens (tertiary/aromatic N) is 2. The van der Waals surface area contributed by atoms with Crippen LogP contribution in [0.25, 0.3) is 10.8 Å². The van der Waals surface area contributed by atoms with E-state index in [1.807, 2.05) is 42.5 Å². The lowest BCUT2D eigenvalue weighted by atomic mass is 10.1. The van der Waals surface area contributed by atoms with Crippen molar-refractivity contribution < 1.29 is 10.0 Å². The molecular weight excluding hydrogens is 280 g/mol. The molecule has 0 saturated carbocycles. The Bertz CT molecular complexity index is 883. The molecule has 0 fully saturated rings. The van der Waals surface area contributed by atoms with Gasteiger partial charge in [-0.15, -0.1) is 0 Å². The van der Waals surface area contributed by atoms with Crippen LogP contribution in [0.2, 0.25) is 0 Å². The Morgan fingerprint density at radius 2 is 1.68 bits per heavy atom. The van der Waals surface area contributed by atoms with Crippen LogP contribution in [0.15, 0.2) is 65.7 Å². The molecule has 5 nitrogen and oxygen atoms in total. The Morgan fingerprint density at radius 3 is 2.50 bits per heavy atom. The van der Waals surface area contributed by atoms with Gasteiger partial charge in [0.2, 0.25) is 0 Å². The van der Waals surface area contributed by atoms with Crippen molar-refractivity contribution in [1.82, 2.24) is 0 Å². The summed E-state index contributed by atoms with van der Waals surface area (Å²) in [5.74, 6) is -0.628. The van der Waals surface area contributed by atoms with Crippen LogP contribution in [0, 0.1) is 10.1 Å². The van der Waals surface area contributed by atoms with Crippen LogP contribution in [0.5, 0.6) is 5.75 Å². The topological polar surface area (TPSA) is 78.6 Å². The number of hydrogen-bond donors (Lipinski definition) is 0. The highest BCUT2D eigenvalue weighted by Gasteiger charge is 2.08. The van der Waals surface area contributed by atoms with Crippen molar-refractivity contribution in [3.05, 3.63) is 76.3 Å². The highest BCUT2D eigenvalue weighted by molar-refractivity contribution is 5.96. The molecule has 0 spiro atoms. The Kier molecular flexibility index (Phi) is 3.53. The van der Waals surface area contributed by atoms with Crippen molar-refractivity contribution in [3.8, 4) is 5.75 Å². The van der Waals surface area contributed by atoms with Crippen molar-refractivity contribution >= 4 is 28.4 Å². The van der Waals surface area contributed by atoms with Gasteiger partial charge in [0.15, 0.2) is 0 Å². The van der Waals surface area contributed by atoms with Gasteiger partial charge in [0.05, 0.1) is 10.6 Å². The van der Waals surface area contributed by atoms with Crippen molar-refractivity contribution in [2.24, 2.45) is 4.99 Å². The van der Waals surface area contributed by atoms with Crippen LogP contribution in [0.4, 0.5) is 11.4 Å². The number of para-hydroxylation sites is 1. The first-order valence-corrected chi connectivity index (χ1v) is 6.63. The Labute approximate surface area is 126 Å². The number of nitro groups is 1. The molecule has 5 heteroatoms. The van der Waals surface area contributed by atoms with Gasteiger partial charge in [0.1, 0.15) is 0 Å². The van der Waals surface area contributed by atoms with Gasteiger partial charge in [-0.1, -0.05) is 48.5 Å². The summed E-state index contributed by atoms with van der Waals surface area (Å²) in [7, 11) is 0. The minimum atomic E-state index is -0.683. The Balaban J connectivity index is 2.04. The second-order valence-electron chi connectivity index (χ2n) is 4.71. The minimum absolute atomic E-state index is 0.196. The summed E-state index contributed by atoms with van der Waals surface area (Å²) in [6, 6.07) is 17.6. The van der Waals surface area contributed by atoms with E-state index in [4.69, 9.17) is 0 Å². The molecule has 3 rings (SSSR count). The van der Waals surface area contributed by atoms with Crippen LogP contribution < -0.4 is 5.11 Å². The number of hydrogen-bond acceptors (Lipinski definition) is 4. The molecule has 3 aromatic carbocycles. The van der Waals surface area contributed by atoms with Crippen LogP contribution >= 0.6 is 0 Å². The van der Waals surface area contributed by atoms with Gasteiger partial charge < -0.3 is 5.11 Å². The van der Waals surface area contributed by atoms with Crippen LogP contribution in [-0.4, -0.2) is 11.1 Å². The molecule has 22 heavy (non-hydrogen) atoms. The largest absolute Gasteiger partial charge is 0.867 e. The maximum atomic E-state index is 12.0. The van der Waals surface area contributed by atoms with Crippen molar-refractivity contribution in [1.29, 1.82) is 0 Å². The molecule has 0 saturated heterocycles. The number of fused-ring (bicyclic) bond motifs is 1. The van der Waals surface area contributed by atoms with Crippen molar-refractivity contribution in [3.63, 3.8) is 0 Å². The summed E-state index contributed by atoms with van der Waals surface area (Å²) in [5, 5.41) is 24.7. The molecule has 0 atom stereocenters. The maximum Gasteiger partial charge on any atom is 0.262 e. The van der Waals surface area contributed by atoms with E-state index >= 15 is 0 Å². The zero-order valence-corrected chi connectivity index (χ0v) is 11.5. The summed E-state index contributed by atoms with van der Waals surface area (Å²) in [6.45, 7) is 0. The third-order valence-corrected chi connectivity index (χ3v) is 3.33. The smallest absolute Gasteiger partial charge is 0.262 e. The molecule has 0 aliphatic rings. The first-order valence-electron chi connectivity index (χ1n) is 6.63. The highest BCUT2D eigenvalue weighted by atomic mass is 16.6. The fourth-order valence-electron chi connectivity index (χ4n) is 2.25. The molecule has 0 radical (unpaired) electrons. The average Bonchev–Trinajstić information content (AvgIpc) is 2.53. The van der Waals surface area contributed by atoms with Crippen molar-refractivity contribution in [2.75, 3.05) is 0 Å². The SMILES string of the molecule is O=[N+]([O-])c1cccc(C=Nc2cccc3ccccc23)c1[O-]. The van der Waals surface area contributed by atoms with E-state index in [2.05, 4.69) is 4.99 Å². The summed E-state index contributed by atoms with van der Waals surface area (Å²) < 4.78 is 0. The molecule has 0 bridgehead atoms. The molecule has 0 heterocycles. The van der Waals surface area contributed by atoms with Gasteiger partial charge in [0.25, 0.3) is 5.69 Å². The molecule has 0 aromatic heterocycles. The van der Waals surface area contributed by atoms with Gasteiger partial charge in [-0.25, -0.2) is 0 Å². The zero-order valence-electron chi connectivity index (χ0n) is 11.5. The van der Waals surface area contributed by atoms with Gasteiger partial charge in [-0.2, -0.15) is 0 Å². The normalized spacial score (nSPS) is 11.1. The number of nitro benzene ring substituents is 1. The second kappa shape index (κ2) is 5.65. The predicted octanol–water partition coefficient (Wildman–Crippen LogP) is 3.57. The van der Waals surface area contributed by atoms with Gasteiger partial charge in [0, 0.05) is 17.7 Å².